The normalized spacial score (nSPS) is 14.3. The highest BCUT2D eigenvalue weighted by molar-refractivity contribution is 5.92. The van der Waals surface area contributed by atoms with Gasteiger partial charge in [0.1, 0.15) is 11.6 Å². The summed E-state index contributed by atoms with van der Waals surface area (Å²) in [5.74, 6) is -0.819. The first kappa shape index (κ1) is 19.7. The predicted molar refractivity (Wildman–Crippen MR) is 106 cm³/mol. The molecule has 0 spiro atoms. The summed E-state index contributed by atoms with van der Waals surface area (Å²) in [4.78, 5) is 29.0. The van der Waals surface area contributed by atoms with Crippen molar-refractivity contribution in [2.75, 3.05) is 0 Å². The highest BCUT2D eigenvalue weighted by Gasteiger charge is 2.18. The molecule has 1 aromatic heterocycles. The number of amides is 1. The zero-order valence-corrected chi connectivity index (χ0v) is 15.8. The molecule has 0 bridgehead atoms. The third kappa shape index (κ3) is 3.66. The van der Waals surface area contributed by atoms with Crippen molar-refractivity contribution in [3.05, 3.63) is 63.5 Å². The number of benzene rings is 1. The van der Waals surface area contributed by atoms with E-state index >= 15 is 0 Å². The van der Waals surface area contributed by atoms with Crippen molar-refractivity contribution in [2.45, 2.75) is 39.5 Å². The van der Waals surface area contributed by atoms with Gasteiger partial charge in [0.25, 0.3) is 11.5 Å². The summed E-state index contributed by atoms with van der Waals surface area (Å²) in [6, 6.07) is 2.58. The zero-order valence-electron chi connectivity index (χ0n) is 15.8. The summed E-state index contributed by atoms with van der Waals surface area (Å²) in [5.41, 5.74) is 3.44. The number of aromatic nitrogens is 2. The van der Waals surface area contributed by atoms with Crippen LogP contribution in [-0.4, -0.2) is 20.7 Å². The lowest BCUT2D eigenvalue weighted by Gasteiger charge is -2.20. The molecule has 0 saturated heterocycles. The van der Waals surface area contributed by atoms with E-state index in [4.69, 9.17) is 5.21 Å². The van der Waals surface area contributed by atoms with Gasteiger partial charge >= 0.3 is 0 Å². The number of halogens is 1. The molecule has 3 rings (SSSR count). The molecule has 1 aliphatic rings. The largest absolute Gasteiger partial charge is 0.288 e. The Hall–Kier alpha value is -3.06. The molecule has 2 N–H and O–H groups in total. The summed E-state index contributed by atoms with van der Waals surface area (Å²) >= 11 is 0. The molecule has 6 nitrogen and oxygen atoms in total. The standard InChI is InChI=1S/C21H22FN3O3/c1-3-13-7-5-6-8-18(13)25-19(4-2)23-17-12-16(22)14(9-10-20(26)24-28)11-15(17)21(25)27/h7-12,28H,3-6H2,1-2H3,(H,24,26)/b10-9+. The monoisotopic (exact) mass is 383 g/mol. The summed E-state index contributed by atoms with van der Waals surface area (Å²) in [6.07, 6.45) is 9.48. The van der Waals surface area contributed by atoms with Gasteiger partial charge in [0.2, 0.25) is 0 Å². The Morgan fingerprint density at radius 3 is 2.71 bits per heavy atom. The van der Waals surface area contributed by atoms with Crippen LogP contribution in [0, 0.1) is 5.82 Å². The van der Waals surface area contributed by atoms with E-state index in [1.54, 1.807) is 4.57 Å². The molecule has 1 aliphatic carbocycles. The quantitative estimate of drug-likeness (QED) is 0.469. The first-order valence-electron chi connectivity index (χ1n) is 9.27. The maximum atomic E-state index is 14.4. The number of rotatable bonds is 5. The van der Waals surface area contributed by atoms with Crippen LogP contribution in [0.2, 0.25) is 0 Å². The van der Waals surface area contributed by atoms with Crippen LogP contribution in [0.5, 0.6) is 0 Å². The SMILES string of the molecule is CCC1=CCCC=C1n1c(CC)nc2cc(F)c(/C=C/C(=O)NO)cc2c1=O. The Balaban J connectivity index is 2.24. The van der Waals surface area contributed by atoms with Crippen LogP contribution >= 0.6 is 0 Å². The summed E-state index contributed by atoms with van der Waals surface area (Å²) in [6.45, 7) is 3.95. The van der Waals surface area contributed by atoms with Crippen molar-refractivity contribution >= 4 is 28.6 Å². The van der Waals surface area contributed by atoms with E-state index in [9.17, 15) is 14.0 Å². The molecule has 0 saturated carbocycles. The molecular weight excluding hydrogens is 361 g/mol. The van der Waals surface area contributed by atoms with Crippen LogP contribution in [0.3, 0.4) is 0 Å². The van der Waals surface area contributed by atoms with Gasteiger partial charge in [-0.1, -0.05) is 26.0 Å². The highest BCUT2D eigenvalue weighted by atomic mass is 19.1. The van der Waals surface area contributed by atoms with E-state index < -0.39 is 11.7 Å². The first-order valence-corrected chi connectivity index (χ1v) is 9.27. The third-order valence-electron chi connectivity index (χ3n) is 4.74. The van der Waals surface area contributed by atoms with Gasteiger partial charge in [-0.05, 0) is 37.0 Å². The second kappa shape index (κ2) is 8.31. The average Bonchev–Trinajstić information content (AvgIpc) is 2.72. The van der Waals surface area contributed by atoms with Gasteiger partial charge in [-0.3, -0.25) is 19.4 Å². The first-order chi connectivity index (χ1) is 13.5. The summed E-state index contributed by atoms with van der Waals surface area (Å²) in [5, 5.41) is 8.83. The highest BCUT2D eigenvalue weighted by Crippen LogP contribution is 2.27. The van der Waals surface area contributed by atoms with E-state index in [-0.39, 0.29) is 22.0 Å². The maximum absolute atomic E-state index is 14.4. The fraction of sp³-hybridized carbons (Fsp3) is 0.286. The van der Waals surface area contributed by atoms with Crippen molar-refractivity contribution < 1.29 is 14.4 Å². The number of fused-ring (bicyclic) bond motifs is 1. The number of carbonyl (C=O) groups excluding carboxylic acids is 1. The van der Waals surface area contributed by atoms with Gasteiger partial charge in [-0.15, -0.1) is 0 Å². The smallest absolute Gasteiger partial charge is 0.267 e. The van der Waals surface area contributed by atoms with E-state index in [1.807, 2.05) is 19.9 Å². The molecule has 146 valence electrons. The van der Waals surface area contributed by atoms with Crippen molar-refractivity contribution in [3.63, 3.8) is 0 Å². The fourth-order valence-electron chi connectivity index (χ4n) is 3.36. The minimum atomic E-state index is -0.790. The minimum Gasteiger partial charge on any atom is -0.288 e. The lowest BCUT2D eigenvalue weighted by molar-refractivity contribution is -0.124. The molecule has 0 radical (unpaired) electrons. The van der Waals surface area contributed by atoms with Crippen LogP contribution in [0.4, 0.5) is 4.39 Å². The summed E-state index contributed by atoms with van der Waals surface area (Å²) < 4.78 is 16.0. The van der Waals surface area contributed by atoms with E-state index in [1.165, 1.54) is 23.7 Å². The number of hydrogen-bond acceptors (Lipinski definition) is 4. The zero-order chi connectivity index (χ0) is 20.3. The van der Waals surface area contributed by atoms with Gasteiger partial charge in [0.15, 0.2) is 0 Å². The second-order valence-corrected chi connectivity index (χ2v) is 6.47. The Kier molecular flexibility index (Phi) is 5.84. The number of hydrogen-bond donors (Lipinski definition) is 2. The van der Waals surface area contributed by atoms with E-state index in [2.05, 4.69) is 11.1 Å². The molecule has 0 unspecified atom stereocenters. The van der Waals surface area contributed by atoms with Gasteiger partial charge < -0.3 is 0 Å². The van der Waals surface area contributed by atoms with Crippen LogP contribution in [0.1, 0.15) is 44.5 Å². The number of carbonyl (C=O) groups is 1. The molecule has 0 aliphatic heterocycles. The lowest BCUT2D eigenvalue weighted by Crippen LogP contribution is -2.26. The molecule has 0 atom stereocenters. The van der Waals surface area contributed by atoms with Gasteiger partial charge in [0, 0.05) is 29.8 Å². The van der Waals surface area contributed by atoms with Crippen molar-refractivity contribution in [2.24, 2.45) is 0 Å². The number of allylic oxidation sites excluding steroid dienone is 4. The molecule has 7 heteroatoms. The van der Waals surface area contributed by atoms with Gasteiger partial charge in [-0.2, -0.15) is 0 Å². The maximum Gasteiger partial charge on any atom is 0.267 e. The predicted octanol–water partition coefficient (Wildman–Crippen LogP) is 3.59. The van der Waals surface area contributed by atoms with E-state index in [0.717, 1.165) is 36.6 Å². The fourth-order valence-corrected chi connectivity index (χ4v) is 3.36. The average molecular weight is 383 g/mol. The Bertz CT molecular complexity index is 1080. The van der Waals surface area contributed by atoms with Gasteiger partial charge in [-0.25, -0.2) is 14.9 Å². The second-order valence-electron chi connectivity index (χ2n) is 6.47. The van der Waals surface area contributed by atoms with Crippen LogP contribution in [0.15, 0.2) is 40.7 Å². The molecule has 1 heterocycles. The topological polar surface area (TPSA) is 84.2 Å². The number of nitrogens with one attached hydrogen (secondary N) is 1. The minimum absolute atomic E-state index is 0.0645. The number of hydroxylamine groups is 1. The number of nitrogens with zero attached hydrogens (tertiary/aromatic N) is 2. The Morgan fingerprint density at radius 1 is 1.29 bits per heavy atom. The van der Waals surface area contributed by atoms with E-state index in [0.29, 0.717) is 12.2 Å². The van der Waals surface area contributed by atoms with Gasteiger partial charge in [0.05, 0.1) is 10.9 Å². The lowest BCUT2D eigenvalue weighted by atomic mass is 10.0. The van der Waals surface area contributed by atoms with Crippen LogP contribution in [-0.2, 0) is 11.2 Å². The van der Waals surface area contributed by atoms with Crippen LogP contribution < -0.4 is 11.0 Å². The number of aryl methyl sites for hydroxylation is 1. The molecule has 2 aromatic rings. The molecular formula is C21H22FN3O3. The Morgan fingerprint density at radius 2 is 2.04 bits per heavy atom. The molecule has 28 heavy (non-hydrogen) atoms. The molecule has 1 amide bonds. The molecule has 0 fully saturated rings. The Labute approximate surface area is 161 Å². The van der Waals surface area contributed by atoms with Crippen molar-refractivity contribution in [1.29, 1.82) is 0 Å². The third-order valence-corrected chi connectivity index (χ3v) is 4.74. The van der Waals surface area contributed by atoms with Crippen molar-refractivity contribution in [1.82, 2.24) is 15.0 Å². The molecule has 1 aromatic carbocycles. The van der Waals surface area contributed by atoms with Crippen molar-refractivity contribution in [3.8, 4) is 0 Å². The summed E-state index contributed by atoms with van der Waals surface area (Å²) in [7, 11) is 0. The van der Waals surface area contributed by atoms with Crippen LogP contribution in [0.25, 0.3) is 22.7 Å².